The number of likely N-dealkylation sites (tertiary alicyclic amines) is 1. The predicted octanol–water partition coefficient (Wildman–Crippen LogP) is 5.01. The van der Waals surface area contributed by atoms with Crippen LogP contribution in [0.15, 0.2) is 41.2 Å². The summed E-state index contributed by atoms with van der Waals surface area (Å²) < 4.78 is 0. The van der Waals surface area contributed by atoms with E-state index in [2.05, 4.69) is 47.1 Å². The Labute approximate surface area is 211 Å². The second-order valence-electron chi connectivity index (χ2n) is 10.3. The molecule has 1 saturated heterocycles. The molecule has 0 unspecified atom stereocenters. The number of hydrogen-bond donors (Lipinski definition) is 1. The van der Waals surface area contributed by atoms with Gasteiger partial charge in [0.2, 0.25) is 0 Å². The number of piperidine rings is 1. The van der Waals surface area contributed by atoms with Crippen LogP contribution in [0, 0.1) is 26.7 Å². The Morgan fingerprint density at radius 1 is 1.00 bits per heavy atom. The molecule has 0 atom stereocenters. The molecule has 6 heteroatoms. The van der Waals surface area contributed by atoms with Gasteiger partial charge in [-0.05, 0) is 81.8 Å². The minimum absolute atomic E-state index is 0.0811. The summed E-state index contributed by atoms with van der Waals surface area (Å²) in [6, 6.07) is 12.7. The van der Waals surface area contributed by atoms with Crippen molar-refractivity contribution < 1.29 is 4.79 Å². The summed E-state index contributed by atoms with van der Waals surface area (Å²) in [5.41, 5.74) is 5.88. The van der Waals surface area contributed by atoms with Gasteiger partial charge in [-0.2, -0.15) is 0 Å². The lowest BCUT2D eigenvalue weighted by molar-refractivity contribution is 0.0727. The smallest absolute Gasteiger partial charge is 0.255 e. The molecule has 184 valence electrons. The standard InChI is InChI=1S/C29H35N3O2S/c1-19-15-20(2)30-28(33)24(19)18-32-14-11-25-27(29(32)34)21(3)26(35-25)16-22-9-12-31(13-10-22)17-23-7-5-4-6-8-23/h4-8,15,22H,9-14,16-18H2,1-3H3,(H,30,33). The van der Waals surface area contributed by atoms with Gasteiger partial charge in [0.15, 0.2) is 0 Å². The fourth-order valence-electron chi connectivity index (χ4n) is 5.64. The molecule has 1 aromatic carbocycles. The van der Waals surface area contributed by atoms with Crippen LogP contribution in [0.5, 0.6) is 0 Å². The van der Waals surface area contributed by atoms with E-state index in [1.54, 1.807) is 0 Å². The Hall–Kier alpha value is -2.70. The fraction of sp³-hybridized carbons (Fsp3) is 0.448. The Balaban J connectivity index is 1.23. The van der Waals surface area contributed by atoms with Crippen LogP contribution >= 0.6 is 11.3 Å². The van der Waals surface area contributed by atoms with Gasteiger partial charge in [-0.3, -0.25) is 14.5 Å². The number of rotatable bonds is 6. The molecule has 2 aliphatic heterocycles. The molecule has 35 heavy (non-hydrogen) atoms. The molecule has 0 bridgehead atoms. The number of carbonyl (C=O) groups excluding carboxylic acids is 1. The minimum Gasteiger partial charge on any atom is -0.334 e. The largest absolute Gasteiger partial charge is 0.334 e. The van der Waals surface area contributed by atoms with Gasteiger partial charge in [0.25, 0.3) is 11.5 Å². The first-order valence-electron chi connectivity index (χ1n) is 12.7. The van der Waals surface area contributed by atoms with Crippen molar-refractivity contribution in [3.05, 3.63) is 90.0 Å². The van der Waals surface area contributed by atoms with E-state index >= 15 is 0 Å². The maximum atomic E-state index is 13.5. The highest BCUT2D eigenvalue weighted by molar-refractivity contribution is 7.12. The minimum atomic E-state index is -0.0811. The van der Waals surface area contributed by atoms with Gasteiger partial charge >= 0.3 is 0 Å². The van der Waals surface area contributed by atoms with Crippen LogP contribution in [0.25, 0.3) is 0 Å². The molecule has 4 heterocycles. The van der Waals surface area contributed by atoms with E-state index < -0.39 is 0 Å². The van der Waals surface area contributed by atoms with Crippen LogP contribution in [0.4, 0.5) is 0 Å². The molecule has 5 rings (SSSR count). The average Bonchev–Trinajstić information content (AvgIpc) is 3.15. The topological polar surface area (TPSA) is 56.4 Å². The molecule has 0 aliphatic carbocycles. The van der Waals surface area contributed by atoms with Gasteiger partial charge in [0, 0.05) is 40.5 Å². The molecule has 1 amide bonds. The van der Waals surface area contributed by atoms with Crippen molar-refractivity contribution in [3.8, 4) is 0 Å². The molecular formula is C29H35N3O2S. The van der Waals surface area contributed by atoms with Crippen molar-refractivity contribution in [2.24, 2.45) is 5.92 Å². The number of thiophene rings is 1. The Bertz CT molecular complexity index is 1270. The van der Waals surface area contributed by atoms with Gasteiger partial charge < -0.3 is 9.88 Å². The highest BCUT2D eigenvalue weighted by Crippen LogP contribution is 2.36. The van der Waals surface area contributed by atoms with E-state index in [-0.39, 0.29) is 11.5 Å². The molecule has 1 N–H and O–H groups in total. The number of benzene rings is 1. The zero-order valence-electron chi connectivity index (χ0n) is 21.0. The Morgan fingerprint density at radius 2 is 1.74 bits per heavy atom. The molecule has 5 nitrogen and oxygen atoms in total. The van der Waals surface area contributed by atoms with Crippen LogP contribution in [-0.2, 0) is 25.9 Å². The molecule has 0 spiro atoms. The fourth-order valence-corrected chi connectivity index (χ4v) is 7.05. The van der Waals surface area contributed by atoms with Crippen molar-refractivity contribution in [1.29, 1.82) is 0 Å². The van der Waals surface area contributed by atoms with Gasteiger partial charge in [0.05, 0.1) is 12.1 Å². The maximum absolute atomic E-state index is 13.5. The quantitative estimate of drug-likeness (QED) is 0.529. The van der Waals surface area contributed by atoms with Crippen molar-refractivity contribution >= 4 is 17.2 Å². The van der Waals surface area contributed by atoms with Crippen molar-refractivity contribution in [2.45, 2.75) is 59.5 Å². The van der Waals surface area contributed by atoms with Crippen LogP contribution in [0.3, 0.4) is 0 Å². The van der Waals surface area contributed by atoms with E-state index in [1.807, 2.05) is 36.2 Å². The van der Waals surface area contributed by atoms with Crippen LogP contribution < -0.4 is 5.56 Å². The number of nitrogens with zero attached hydrogens (tertiary/aromatic N) is 2. The summed E-state index contributed by atoms with van der Waals surface area (Å²) in [6.07, 6.45) is 4.38. The van der Waals surface area contributed by atoms with E-state index in [0.29, 0.717) is 24.6 Å². The lowest BCUT2D eigenvalue weighted by Crippen LogP contribution is -2.38. The Kier molecular flexibility index (Phi) is 6.94. The number of nitrogens with one attached hydrogen (secondary N) is 1. The number of carbonyl (C=O) groups is 1. The third kappa shape index (κ3) is 5.14. The zero-order chi connectivity index (χ0) is 24.5. The van der Waals surface area contributed by atoms with Gasteiger partial charge in [-0.15, -0.1) is 11.3 Å². The van der Waals surface area contributed by atoms with Crippen LogP contribution in [0.2, 0.25) is 0 Å². The highest BCUT2D eigenvalue weighted by atomic mass is 32.1. The molecule has 2 aliphatic rings. The highest BCUT2D eigenvalue weighted by Gasteiger charge is 2.31. The van der Waals surface area contributed by atoms with Crippen LogP contribution in [-0.4, -0.2) is 40.3 Å². The monoisotopic (exact) mass is 489 g/mol. The summed E-state index contributed by atoms with van der Waals surface area (Å²) in [4.78, 5) is 35.9. The molecule has 1 fully saturated rings. The molecular weight excluding hydrogens is 454 g/mol. The van der Waals surface area contributed by atoms with Crippen molar-refractivity contribution in [1.82, 2.24) is 14.8 Å². The second-order valence-corrected chi connectivity index (χ2v) is 11.5. The average molecular weight is 490 g/mol. The van der Waals surface area contributed by atoms with Crippen molar-refractivity contribution in [2.75, 3.05) is 19.6 Å². The number of aryl methyl sites for hydroxylation is 2. The molecule has 3 aromatic rings. The molecule has 0 radical (unpaired) electrons. The van der Waals surface area contributed by atoms with E-state index in [9.17, 15) is 9.59 Å². The summed E-state index contributed by atoms with van der Waals surface area (Å²) >= 11 is 1.85. The van der Waals surface area contributed by atoms with E-state index in [0.717, 1.165) is 49.3 Å². The second kappa shape index (κ2) is 10.1. The summed E-state index contributed by atoms with van der Waals surface area (Å²) in [7, 11) is 0. The number of aromatic amines is 1. The first-order chi connectivity index (χ1) is 16.9. The summed E-state index contributed by atoms with van der Waals surface area (Å²) in [5.74, 6) is 0.768. The number of pyridine rings is 1. The Morgan fingerprint density at radius 3 is 2.46 bits per heavy atom. The number of H-pyrrole nitrogens is 1. The van der Waals surface area contributed by atoms with Gasteiger partial charge in [-0.25, -0.2) is 0 Å². The first kappa shape index (κ1) is 24.0. The predicted molar refractivity (Wildman–Crippen MR) is 142 cm³/mol. The molecule has 0 saturated carbocycles. The van der Waals surface area contributed by atoms with Crippen molar-refractivity contribution in [3.63, 3.8) is 0 Å². The number of hydrogen-bond acceptors (Lipinski definition) is 4. The van der Waals surface area contributed by atoms with Gasteiger partial charge in [-0.1, -0.05) is 30.3 Å². The van der Waals surface area contributed by atoms with Gasteiger partial charge in [0.1, 0.15) is 0 Å². The first-order valence-corrected chi connectivity index (χ1v) is 13.6. The number of fused-ring (bicyclic) bond motifs is 1. The summed E-state index contributed by atoms with van der Waals surface area (Å²) in [5, 5.41) is 0. The maximum Gasteiger partial charge on any atom is 0.255 e. The summed E-state index contributed by atoms with van der Waals surface area (Å²) in [6.45, 7) is 10.3. The lowest BCUT2D eigenvalue weighted by Gasteiger charge is -2.32. The normalized spacial score (nSPS) is 17.1. The van der Waals surface area contributed by atoms with Crippen LogP contribution in [0.1, 0.15) is 60.9 Å². The number of aromatic nitrogens is 1. The SMILES string of the molecule is Cc1cc(C)c(CN2CCc3sc(CC4CCN(Cc5ccccc5)CC4)c(C)c3C2=O)c(=O)[nH]1. The number of amides is 1. The third-order valence-corrected chi connectivity index (χ3v) is 9.08. The third-order valence-electron chi connectivity index (χ3n) is 7.70. The zero-order valence-corrected chi connectivity index (χ0v) is 21.8. The lowest BCUT2D eigenvalue weighted by atomic mass is 9.91. The molecule has 2 aromatic heterocycles. The van der Waals surface area contributed by atoms with E-state index in [4.69, 9.17) is 0 Å². The van der Waals surface area contributed by atoms with E-state index in [1.165, 1.54) is 33.7 Å².